The van der Waals surface area contributed by atoms with Gasteiger partial charge in [-0.15, -0.1) is 11.3 Å². The lowest BCUT2D eigenvalue weighted by Gasteiger charge is -2.12. The second-order valence-corrected chi connectivity index (χ2v) is 8.33. The van der Waals surface area contributed by atoms with E-state index >= 15 is 0 Å². The Morgan fingerprint density at radius 1 is 1.27 bits per heavy atom. The molecule has 1 saturated heterocycles. The van der Waals surface area contributed by atoms with Crippen LogP contribution in [-0.2, 0) is 22.4 Å². The molecule has 4 nitrogen and oxygen atoms in total. The third kappa shape index (κ3) is 2.42. The maximum atomic E-state index is 12.0. The molecule has 0 saturated carbocycles. The lowest BCUT2D eigenvalue weighted by atomic mass is 9.97. The molecule has 1 fully saturated rings. The summed E-state index contributed by atoms with van der Waals surface area (Å²) in [7, 11) is 0. The summed E-state index contributed by atoms with van der Waals surface area (Å²) in [6.45, 7) is 3.88. The largest absolute Gasteiger partial charge is 0.462 e. The monoisotopic (exact) mass is 334 g/mol. The van der Waals surface area contributed by atoms with Gasteiger partial charge in [0.2, 0.25) is 0 Å². The van der Waals surface area contributed by atoms with Crippen molar-refractivity contribution in [3.8, 4) is 0 Å². The molecule has 0 N–H and O–H groups in total. The average molecular weight is 334 g/mol. The fraction of sp³-hybridized carbons (Fsp3) is 0.562. The van der Waals surface area contributed by atoms with Crippen molar-refractivity contribution >= 4 is 39.3 Å². The highest BCUT2D eigenvalue weighted by atomic mass is 32.2. The highest BCUT2D eigenvalue weighted by molar-refractivity contribution is 8.00. The van der Waals surface area contributed by atoms with Crippen LogP contribution in [0.15, 0.2) is 5.03 Å². The second-order valence-electron chi connectivity index (χ2n) is 6.06. The molecule has 2 aliphatic rings. The Hall–Kier alpha value is -1.14. The molecule has 0 radical (unpaired) electrons. The minimum Gasteiger partial charge on any atom is -0.462 e. The van der Waals surface area contributed by atoms with Crippen molar-refractivity contribution in [2.24, 2.45) is 0 Å². The first-order valence-corrected chi connectivity index (χ1v) is 9.47. The van der Waals surface area contributed by atoms with E-state index in [-0.39, 0.29) is 17.3 Å². The number of carbonyl (C=O) groups excluding carboxylic acids is 1. The number of ether oxygens (including phenoxy) is 1. The van der Waals surface area contributed by atoms with Gasteiger partial charge in [0.05, 0.1) is 0 Å². The molecule has 0 amide bonds. The Morgan fingerprint density at radius 2 is 2.09 bits per heavy atom. The summed E-state index contributed by atoms with van der Waals surface area (Å²) in [6, 6.07) is 0. The van der Waals surface area contributed by atoms with E-state index in [4.69, 9.17) is 4.74 Å². The Labute approximate surface area is 137 Å². The van der Waals surface area contributed by atoms with E-state index in [2.05, 4.69) is 9.97 Å². The highest BCUT2D eigenvalue weighted by Gasteiger charge is 2.34. The number of aromatic nitrogens is 2. The number of rotatable bonds is 2. The molecule has 1 aliphatic heterocycles. The number of esters is 1. The predicted octanol–water partition coefficient (Wildman–Crippen LogP) is 3.67. The van der Waals surface area contributed by atoms with Gasteiger partial charge in [0.15, 0.2) is 0 Å². The number of thioether (sulfide) groups is 1. The lowest BCUT2D eigenvalue weighted by Crippen LogP contribution is -2.10. The van der Waals surface area contributed by atoms with Gasteiger partial charge in [-0.3, -0.25) is 4.79 Å². The van der Waals surface area contributed by atoms with Gasteiger partial charge in [-0.05, 0) is 45.1 Å². The SMILES string of the molecule is Cc1nc(S[C@@H]2C[C@@H](C)OC2=O)c2c3c(sc2n1)CCCC3. The molecular weight excluding hydrogens is 316 g/mol. The molecule has 3 heterocycles. The van der Waals surface area contributed by atoms with E-state index in [1.807, 2.05) is 13.8 Å². The van der Waals surface area contributed by atoms with Crippen LogP contribution < -0.4 is 0 Å². The van der Waals surface area contributed by atoms with E-state index < -0.39 is 0 Å². The number of cyclic esters (lactones) is 1. The van der Waals surface area contributed by atoms with Gasteiger partial charge in [0.25, 0.3) is 0 Å². The van der Waals surface area contributed by atoms with E-state index in [9.17, 15) is 4.79 Å². The molecule has 6 heteroatoms. The minimum atomic E-state index is -0.133. The van der Waals surface area contributed by atoms with Crippen molar-refractivity contribution in [3.63, 3.8) is 0 Å². The summed E-state index contributed by atoms with van der Waals surface area (Å²) in [5.41, 5.74) is 1.42. The molecule has 4 rings (SSSR count). The van der Waals surface area contributed by atoms with Crippen LogP contribution in [0, 0.1) is 6.92 Å². The van der Waals surface area contributed by atoms with Crippen LogP contribution in [0.3, 0.4) is 0 Å². The van der Waals surface area contributed by atoms with Crippen molar-refractivity contribution in [1.82, 2.24) is 9.97 Å². The van der Waals surface area contributed by atoms with E-state index in [1.165, 1.54) is 28.7 Å². The number of aryl methyl sites for hydroxylation is 3. The van der Waals surface area contributed by atoms with Gasteiger partial charge < -0.3 is 4.74 Å². The van der Waals surface area contributed by atoms with Gasteiger partial charge in [-0.25, -0.2) is 9.97 Å². The molecule has 116 valence electrons. The normalized spacial score (nSPS) is 24.5. The Balaban J connectivity index is 1.79. The molecule has 0 bridgehead atoms. The standard InChI is InChI=1S/C16H18N2O2S2/c1-8-7-12(16(19)20-8)22-15-13-10-5-3-4-6-11(10)21-14(13)17-9(2)18-15/h8,12H,3-7H2,1-2H3/t8-,12-/m1/s1. The zero-order valence-electron chi connectivity index (χ0n) is 12.7. The molecule has 22 heavy (non-hydrogen) atoms. The first-order valence-electron chi connectivity index (χ1n) is 7.78. The summed E-state index contributed by atoms with van der Waals surface area (Å²) in [5, 5.41) is 2.03. The van der Waals surface area contributed by atoms with Crippen molar-refractivity contribution in [2.45, 2.75) is 62.3 Å². The van der Waals surface area contributed by atoms with Crippen molar-refractivity contribution in [2.75, 3.05) is 0 Å². The number of hydrogen-bond donors (Lipinski definition) is 0. The smallest absolute Gasteiger partial charge is 0.319 e. The Morgan fingerprint density at radius 3 is 2.86 bits per heavy atom. The topological polar surface area (TPSA) is 52.1 Å². The van der Waals surface area contributed by atoms with Gasteiger partial charge in [-0.2, -0.15) is 0 Å². The van der Waals surface area contributed by atoms with E-state index in [0.717, 1.165) is 34.9 Å². The van der Waals surface area contributed by atoms with Crippen molar-refractivity contribution in [3.05, 3.63) is 16.3 Å². The van der Waals surface area contributed by atoms with Gasteiger partial charge in [0.1, 0.15) is 27.0 Å². The van der Waals surface area contributed by atoms with E-state index in [0.29, 0.717) is 0 Å². The molecule has 2 aromatic heterocycles. The summed E-state index contributed by atoms with van der Waals surface area (Å²) < 4.78 is 5.28. The van der Waals surface area contributed by atoms with Crippen LogP contribution in [0.2, 0.25) is 0 Å². The van der Waals surface area contributed by atoms with Crippen molar-refractivity contribution in [1.29, 1.82) is 0 Å². The number of carbonyl (C=O) groups is 1. The molecule has 2 atom stereocenters. The zero-order valence-corrected chi connectivity index (χ0v) is 14.4. The van der Waals surface area contributed by atoms with Gasteiger partial charge in [-0.1, -0.05) is 11.8 Å². The molecule has 0 unspecified atom stereocenters. The minimum absolute atomic E-state index is 0.0137. The quantitative estimate of drug-likeness (QED) is 0.619. The van der Waals surface area contributed by atoms with E-state index in [1.54, 1.807) is 23.1 Å². The summed E-state index contributed by atoms with van der Waals surface area (Å²) in [6.07, 6.45) is 5.55. The van der Waals surface area contributed by atoms with Crippen LogP contribution >= 0.6 is 23.1 Å². The average Bonchev–Trinajstić information content (AvgIpc) is 2.98. The zero-order chi connectivity index (χ0) is 15.3. The Bertz CT molecular complexity index is 756. The first kappa shape index (κ1) is 14.5. The van der Waals surface area contributed by atoms with Crippen LogP contribution in [0.5, 0.6) is 0 Å². The predicted molar refractivity (Wildman–Crippen MR) is 88.6 cm³/mol. The Kier molecular flexibility index (Phi) is 3.61. The van der Waals surface area contributed by atoms with Crippen LogP contribution in [0.4, 0.5) is 0 Å². The third-order valence-electron chi connectivity index (χ3n) is 4.27. The lowest BCUT2D eigenvalue weighted by molar-refractivity contribution is -0.140. The van der Waals surface area contributed by atoms with Gasteiger partial charge in [0, 0.05) is 16.7 Å². The van der Waals surface area contributed by atoms with Gasteiger partial charge >= 0.3 is 5.97 Å². The molecule has 1 aliphatic carbocycles. The van der Waals surface area contributed by atoms with Crippen LogP contribution in [0.1, 0.15) is 42.5 Å². The summed E-state index contributed by atoms with van der Waals surface area (Å²) >= 11 is 3.37. The highest BCUT2D eigenvalue weighted by Crippen LogP contribution is 2.42. The fourth-order valence-corrected chi connectivity index (χ4v) is 5.94. The van der Waals surface area contributed by atoms with Crippen molar-refractivity contribution < 1.29 is 9.53 Å². The number of fused-ring (bicyclic) bond motifs is 3. The number of thiophene rings is 1. The van der Waals surface area contributed by atoms with Crippen LogP contribution in [-0.4, -0.2) is 27.3 Å². The number of nitrogens with zero attached hydrogens (tertiary/aromatic N) is 2. The molecule has 0 spiro atoms. The summed E-state index contributed by atoms with van der Waals surface area (Å²) in [4.78, 5) is 23.8. The summed E-state index contributed by atoms with van der Waals surface area (Å²) in [5.74, 6) is 0.680. The third-order valence-corrected chi connectivity index (χ3v) is 6.65. The molecule has 2 aromatic rings. The number of hydrogen-bond acceptors (Lipinski definition) is 6. The first-order chi connectivity index (χ1) is 10.6. The molecule has 0 aromatic carbocycles. The fourth-order valence-electron chi connectivity index (χ4n) is 3.26. The second kappa shape index (κ2) is 5.49. The molecular formula is C16H18N2O2S2. The van der Waals surface area contributed by atoms with Crippen LogP contribution in [0.25, 0.3) is 10.2 Å². The maximum absolute atomic E-state index is 12.0. The maximum Gasteiger partial charge on any atom is 0.319 e.